The van der Waals surface area contributed by atoms with E-state index in [9.17, 15) is 8.42 Å². The number of benzene rings is 1. The van der Waals surface area contributed by atoms with E-state index in [2.05, 4.69) is 4.72 Å². The van der Waals surface area contributed by atoms with E-state index >= 15 is 0 Å². The Labute approximate surface area is 125 Å². The van der Waals surface area contributed by atoms with E-state index in [0.29, 0.717) is 31.1 Å². The summed E-state index contributed by atoms with van der Waals surface area (Å²) < 4.78 is 38.0. The van der Waals surface area contributed by atoms with Gasteiger partial charge >= 0.3 is 0 Å². The van der Waals surface area contributed by atoms with Crippen LogP contribution >= 0.6 is 0 Å². The van der Waals surface area contributed by atoms with Crippen molar-refractivity contribution in [3.8, 4) is 5.75 Å². The molecule has 0 aliphatic carbocycles. The maximum Gasteiger partial charge on any atom is 0.240 e. The Morgan fingerprint density at radius 1 is 1.48 bits per heavy atom. The van der Waals surface area contributed by atoms with Crippen molar-refractivity contribution in [1.82, 2.24) is 4.72 Å². The van der Waals surface area contributed by atoms with Crippen LogP contribution in [0, 0.1) is 0 Å². The van der Waals surface area contributed by atoms with Gasteiger partial charge in [-0.3, -0.25) is 0 Å². The Balaban J connectivity index is 2.11. The lowest BCUT2D eigenvalue weighted by atomic mass is 10.2. The molecule has 0 saturated carbocycles. The average Bonchev–Trinajstić information content (AvgIpc) is 2.99. The smallest absolute Gasteiger partial charge is 0.240 e. The van der Waals surface area contributed by atoms with Crippen LogP contribution in [-0.2, 0) is 21.3 Å². The first-order chi connectivity index (χ1) is 10.1. The van der Waals surface area contributed by atoms with Crippen LogP contribution in [0.5, 0.6) is 5.75 Å². The second kappa shape index (κ2) is 7.22. The van der Waals surface area contributed by atoms with Gasteiger partial charge in [0, 0.05) is 25.3 Å². The number of rotatable bonds is 7. The molecule has 118 valence electrons. The van der Waals surface area contributed by atoms with E-state index < -0.39 is 10.0 Å². The van der Waals surface area contributed by atoms with E-state index in [1.165, 1.54) is 6.07 Å². The van der Waals surface area contributed by atoms with Crippen molar-refractivity contribution >= 4 is 10.0 Å². The highest BCUT2D eigenvalue weighted by Crippen LogP contribution is 2.22. The van der Waals surface area contributed by atoms with Gasteiger partial charge in [-0.25, -0.2) is 13.1 Å². The Morgan fingerprint density at radius 2 is 2.29 bits per heavy atom. The number of nitrogens with two attached hydrogens (primary N) is 1. The SMILES string of the molecule is CCOc1ccc(S(=O)(=O)NCC2CCCO2)cc1CN. The highest BCUT2D eigenvalue weighted by atomic mass is 32.2. The monoisotopic (exact) mass is 314 g/mol. The van der Waals surface area contributed by atoms with Crippen molar-refractivity contribution < 1.29 is 17.9 Å². The van der Waals surface area contributed by atoms with Crippen LogP contribution < -0.4 is 15.2 Å². The number of ether oxygens (including phenoxy) is 2. The molecule has 1 heterocycles. The molecular formula is C14H22N2O4S. The largest absolute Gasteiger partial charge is 0.494 e. The zero-order valence-electron chi connectivity index (χ0n) is 12.2. The minimum Gasteiger partial charge on any atom is -0.494 e. The first kappa shape index (κ1) is 16.2. The quantitative estimate of drug-likeness (QED) is 0.783. The topological polar surface area (TPSA) is 90.7 Å². The summed E-state index contributed by atoms with van der Waals surface area (Å²) in [5.74, 6) is 0.623. The molecule has 0 amide bonds. The van der Waals surface area contributed by atoms with Crippen molar-refractivity contribution in [3.63, 3.8) is 0 Å². The standard InChI is InChI=1S/C14H22N2O4S/c1-2-19-14-6-5-13(8-11(14)9-15)21(17,18)16-10-12-4-3-7-20-12/h5-6,8,12,16H,2-4,7,9-10,15H2,1H3. The summed E-state index contributed by atoms with van der Waals surface area (Å²) >= 11 is 0. The Bertz CT molecular complexity index is 568. The highest BCUT2D eigenvalue weighted by Gasteiger charge is 2.21. The van der Waals surface area contributed by atoms with Gasteiger partial charge < -0.3 is 15.2 Å². The van der Waals surface area contributed by atoms with Crippen LogP contribution in [0.2, 0.25) is 0 Å². The van der Waals surface area contributed by atoms with E-state index in [0.717, 1.165) is 12.8 Å². The third kappa shape index (κ3) is 4.16. The molecule has 0 aromatic heterocycles. The van der Waals surface area contributed by atoms with Crippen LogP contribution in [0.15, 0.2) is 23.1 Å². The number of sulfonamides is 1. The van der Waals surface area contributed by atoms with Gasteiger partial charge in [0.1, 0.15) is 5.75 Å². The fraction of sp³-hybridized carbons (Fsp3) is 0.571. The predicted molar refractivity (Wildman–Crippen MR) is 79.7 cm³/mol. The molecule has 1 unspecified atom stereocenters. The molecular weight excluding hydrogens is 292 g/mol. The molecule has 1 aliphatic heterocycles. The second-order valence-electron chi connectivity index (χ2n) is 4.89. The summed E-state index contributed by atoms with van der Waals surface area (Å²) in [4.78, 5) is 0.199. The molecule has 0 spiro atoms. The first-order valence-corrected chi connectivity index (χ1v) is 8.62. The first-order valence-electron chi connectivity index (χ1n) is 7.14. The highest BCUT2D eigenvalue weighted by molar-refractivity contribution is 7.89. The van der Waals surface area contributed by atoms with Crippen LogP contribution in [-0.4, -0.2) is 34.3 Å². The van der Waals surface area contributed by atoms with Gasteiger partial charge in [0.05, 0.1) is 17.6 Å². The number of hydrogen-bond donors (Lipinski definition) is 2. The van der Waals surface area contributed by atoms with Crippen molar-refractivity contribution in [1.29, 1.82) is 0 Å². The van der Waals surface area contributed by atoms with Gasteiger partial charge in [-0.15, -0.1) is 0 Å². The lowest BCUT2D eigenvalue weighted by Crippen LogP contribution is -2.31. The second-order valence-corrected chi connectivity index (χ2v) is 6.66. The summed E-state index contributed by atoms with van der Waals surface area (Å²) in [5, 5.41) is 0. The molecule has 6 nitrogen and oxygen atoms in total. The lowest BCUT2D eigenvalue weighted by Gasteiger charge is -2.13. The normalized spacial score (nSPS) is 18.9. The van der Waals surface area contributed by atoms with E-state index in [4.69, 9.17) is 15.2 Å². The van der Waals surface area contributed by atoms with Crippen LogP contribution in [0.25, 0.3) is 0 Å². The van der Waals surface area contributed by atoms with Crippen LogP contribution in [0.1, 0.15) is 25.3 Å². The van der Waals surface area contributed by atoms with Gasteiger partial charge in [-0.2, -0.15) is 0 Å². The summed E-state index contributed by atoms with van der Waals surface area (Å²) in [6.45, 7) is 3.61. The maximum atomic E-state index is 12.3. The van der Waals surface area contributed by atoms with Crippen molar-refractivity contribution in [3.05, 3.63) is 23.8 Å². The molecule has 7 heteroatoms. The number of nitrogens with one attached hydrogen (secondary N) is 1. The van der Waals surface area contributed by atoms with E-state index in [-0.39, 0.29) is 17.5 Å². The summed E-state index contributed by atoms with van der Waals surface area (Å²) in [6, 6.07) is 4.73. The van der Waals surface area contributed by atoms with Gasteiger partial charge in [0.15, 0.2) is 0 Å². The molecule has 21 heavy (non-hydrogen) atoms. The van der Waals surface area contributed by atoms with Crippen LogP contribution in [0.4, 0.5) is 0 Å². The summed E-state index contributed by atoms with van der Waals surface area (Å²) in [7, 11) is -3.55. The molecule has 3 N–H and O–H groups in total. The summed E-state index contributed by atoms with van der Waals surface area (Å²) in [5.41, 5.74) is 6.33. The Kier molecular flexibility index (Phi) is 5.58. The summed E-state index contributed by atoms with van der Waals surface area (Å²) in [6.07, 6.45) is 1.84. The molecule has 1 aliphatic rings. The number of hydrogen-bond acceptors (Lipinski definition) is 5. The van der Waals surface area contributed by atoms with Crippen LogP contribution in [0.3, 0.4) is 0 Å². The van der Waals surface area contributed by atoms with Crippen molar-refractivity contribution in [2.45, 2.75) is 37.3 Å². The molecule has 0 bridgehead atoms. The molecule has 1 fully saturated rings. The van der Waals surface area contributed by atoms with Gasteiger partial charge in [-0.05, 0) is 38.0 Å². The Hall–Kier alpha value is -1.15. The molecule has 1 aromatic carbocycles. The molecule has 1 saturated heterocycles. The minimum absolute atomic E-state index is 0.0311. The van der Waals surface area contributed by atoms with Crippen molar-refractivity contribution in [2.75, 3.05) is 19.8 Å². The van der Waals surface area contributed by atoms with E-state index in [1.807, 2.05) is 6.92 Å². The van der Waals surface area contributed by atoms with Gasteiger partial charge in [0.2, 0.25) is 10.0 Å². The fourth-order valence-electron chi connectivity index (χ4n) is 2.27. The lowest BCUT2D eigenvalue weighted by molar-refractivity contribution is 0.114. The third-order valence-corrected chi connectivity index (χ3v) is 4.81. The van der Waals surface area contributed by atoms with Gasteiger partial charge in [0.25, 0.3) is 0 Å². The average molecular weight is 314 g/mol. The zero-order valence-corrected chi connectivity index (χ0v) is 13.0. The molecule has 1 aromatic rings. The van der Waals surface area contributed by atoms with E-state index in [1.54, 1.807) is 12.1 Å². The predicted octanol–water partition coefficient (Wildman–Crippen LogP) is 1.00. The third-order valence-electron chi connectivity index (χ3n) is 3.39. The molecule has 2 rings (SSSR count). The van der Waals surface area contributed by atoms with Gasteiger partial charge in [-0.1, -0.05) is 0 Å². The zero-order chi connectivity index (χ0) is 15.3. The minimum atomic E-state index is -3.55. The molecule has 0 radical (unpaired) electrons. The van der Waals surface area contributed by atoms with Crippen molar-refractivity contribution in [2.24, 2.45) is 5.73 Å². The molecule has 1 atom stereocenters. The maximum absolute atomic E-state index is 12.3. The Morgan fingerprint density at radius 3 is 2.90 bits per heavy atom. The fourth-order valence-corrected chi connectivity index (χ4v) is 3.39.